The molecule has 0 unspecified atom stereocenters. The van der Waals surface area contributed by atoms with E-state index in [4.69, 9.17) is 0 Å². The molecular formula is C16H14N2O. The van der Waals surface area contributed by atoms with Crippen molar-refractivity contribution in [2.45, 2.75) is 6.42 Å². The third kappa shape index (κ3) is 2.15. The van der Waals surface area contributed by atoms with Gasteiger partial charge < -0.3 is 4.57 Å². The Labute approximate surface area is 111 Å². The Bertz CT molecular complexity index is 776. The third-order valence-corrected chi connectivity index (χ3v) is 3.26. The second-order valence-corrected chi connectivity index (χ2v) is 4.57. The molecule has 0 saturated carbocycles. The smallest absolute Gasteiger partial charge is 0.272 e. The summed E-state index contributed by atoms with van der Waals surface area (Å²) in [6.07, 6.45) is 0.568. The number of fused-ring (bicyclic) bond motifs is 1. The van der Waals surface area contributed by atoms with Gasteiger partial charge in [0.2, 0.25) is 0 Å². The van der Waals surface area contributed by atoms with Crippen molar-refractivity contribution < 1.29 is 0 Å². The summed E-state index contributed by atoms with van der Waals surface area (Å²) in [5.41, 5.74) is 3.39. The van der Waals surface area contributed by atoms with Crippen molar-refractivity contribution in [3.05, 3.63) is 76.2 Å². The van der Waals surface area contributed by atoms with Crippen LogP contribution in [0.25, 0.3) is 11.0 Å². The zero-order chi connectivity index (χ0) is 13.2. The Balaban J connectivity index is 2.14. The van der Waals surface area contributed by atoms with Gasteiger partial charge in [-0.2, -0.15) is 0 Å². The summed E-state index contributed by atoms with van der Waals surface area (Å²) < 4.78 is 1.67. The number of para-hydroxylation sites is 2. The molecule has 0 bridgehead atoms. The Morgan fingerprint density at radius 2 is 1.68 bits per heavy atom. The summed E-state index contributed by atoms with van der Waals surface area (Å²) in [6, 6.07) is 17.6. The standard InChI is InChI=1S/C16H14N2O/c1-18-15-10-6-5-9-13(15)17-14(16(18)19)11-12-7-3-2-4-8-12/h2-10H,11H2,1H3. The predicted octanol–water partition coefficient (Wildman–Crippen LogP) is 2.52. The maximum absolute atomic E-state index is 12.3. The molecule has 0 aliphatic heterocycles. The van der Waals surface area contributed by atoms with E-state index in [0.717, 1.165) is 16.6 Å². The molecule has 3 aromatic rings. The number of benzene rings is 2. The fourth-order valence-corrected chi connectivity index (χ4v) is 2.24. The van der Waals surface area contributed by atoms with Crippen molar-refractivity contribution in [3.8, 4) is 0 Å². The molecule has 0 aliphatic rings. The first-order chi connectivity index (χ1) is 9.25. The minimum absolute atomic E-state index is 0.0254. The second-order valence-electron chi connectivity index (χ2n) is 4.57. The van der Waals surface area contributed by atoms with Crippen molar-refractivity contribution in [1.82, 2.24) is 9.55 Å². The van der Waals surface area contributed by atoms with Crippen LogP contribution < -0.4 is 5.56 Å². The Kier molecular flexibility index (Phi) is 2.88. The molecule has 0 N–H and O–H groups in total. The topological polar surface area (TPSA) is 34.9 Å². The Hall–Kier alpha value is -2.42. The van der Waals surface area contributed by atoms with Crippen LogP contribution in [-0.4, -0.2) is 9.55 Å². The van der Waals surface area contributed by atoms with E-state index in [0.29, 0.717) is 12.1 Å². The van der Waals surface area contributed by atoms with Gasteiger partial charge in [-0.15, -0.1) is 0 Å². The highest BCUT2D eigenvalue weighted by Crippen LogP contribution is 2.10. The van der Waals surface area contributed by atoms with Crippen LogP contribution in [0.4, 0.5) is 0 Å². The average Bonchev–Trinajstić information content (AvgIpc) is 2.46. The van der Waals surface area contributed by atoms with Crippen LogP contribution in [0.15, 0.2) is 59.4 Å². The van der Waals surface area contributed by atoms with E-state index >= 15 is 0 Å². The average molecular weight is 250 g/mol. The SMILES string of the molecule is Cn1c(=O)c(Cc2ccccc2)nc2ccccc21. The first-order valence-corrected chi connectivity index (χ1v) is 6.24. The van der Waals surface area contributed by atoms with Gasteiger partial charge in [0.05, 0.1) is 11.0 Å². The van der Waals surface area contributed by atoms with E-state index in [1.165, 1.54) is 0 Å². The van der Waals surface area contributed by atoms with E-state index < -0.39 is 0 Å². The quantitative estimate of drug-likeness (QED) is 0.700. The molecule has 1 heterocycles. The number of aryl methyl sites for hydroxylation is 1. The number of aromatic nitrogens is 2. The molecule has 3 rings (SSSR count). The molecule has 3 nitrogen and oxygen atoms in total. The molecule has 0 amide bonds. The van der Waals surface area contributed by atoms with Gasteiger partial charge >= 0.3 is 0 Å². The largest absolute Gasteiger partial charge is 0.308 e. The molecule has 0 atom stereocenters. The van der Waals surface area contributed by atoms with Gasteiger partial charge in [-0.05, 0) is 17.7 Å². The second kappa shape index (κ2) is 4.69. The zero-order valence-electron chi connectivity index (χ0n) is 10.7. The summed E-state index contributed by atoms with van der Waals surface area (Å²) in [7, 11) is 1.79. The van der Waals surface area contributed by atoms with Crippen LogP contribution in [0.2, 0.25) is 0 Å². The lowest BCUT2D eigenvalue weighted by Gasteiger charge is -2.07. The lowest BCUT2D eigenvalue weighted by molar-refractivity contribution is 0.855. The van der Waals surface area contributed by atoms with E-state index in [1.807, 2.05) is 54.6 Å². The number of hydrogen-bond acceptors (Lipinski definition) is 2. The van der Waals surface area contributed by atoms with E-state index in [-0.39, 0.29) is 5.56 Å². The van der Waals surface area contributed by atoms with Gasteiger partial charge in [0, 0.05) is 13.5 Å². The van der Waals surface area contributed by atoms with Crippen molar-refractivity contribution >= 4 is 11.0 Å². The van der Waals surface area contributed by atoms with E-state index in [9.17, 15) is 4.79 Å². The van der Waals surface area contributed by atoms with Crippen LogP contribution in [0, 0.1) is 0 Å². The molecule has 2 aromatic carbocycles. The maximum Gasteiger partial charge on any atom is 0.272 e. The first-order valence-electron chi connectivity index (χ1n) is 6.24. The van der Waals surface area contributed by atoms with Crippen LogP contribution in [-0.2, 0) is 13.5 Å². The summed E-state index contributed by atoms with van der Waals surface area (Å²) in [6.45, 7) is 0. The highest BCUT2D eigenvalue weighted by Gasteiger charge is 2.08. The molecule has 94 valence electrons. The molecule has 0 aliphatic carbocycles. The van der Waals surface area contributed by atoms with E-state index in [1.54, 1.807) is 11.6 Å². The maximum atomic E-state index is 12.3. The third-order valence-electron chi connectivity index (χ3n) is 3.26. The molecule has 0 fully saturated rings. The Morgan fingerprint density at radius 3 is 2.47 bits per heavy atom. The molecule has 19 heavy (non-hydrogen) atoms. The molecule has 0 spiro atoms. The lowest BCUT2D eigenvalue weighted by atomic mass is 10.1. The van der Waals surface area contributed by atoms with Gasteiger partial charge in [0.1, 0.15) is 5.69 Å². The molecular weight excluding hydrogens is 236 g/mol. The van der Waals surface area contributed by atoms with Crippen molar-refractivity contribution in [2.24, 2.45) is 7.05 Å². The number of hydrogen-bond donors (Lipinski definition) is 0. The summed E-state index contributed by atoms with van der Waals surface area (Å²) in [5.74, 6) is 0. The predicted molar refractivity (Wildman–Crippen MR) is 76.2 cm³/mol. The molecule has 1 aromatic heterocycles. The lowest BCUT2D eigenvalue weighted by Crippen LogP contribution is -2.23. The fraction of sp³-hybridized carbons (Fsp3) is 0.125. The Morgan fingerprint density at radius 1 is 1.00 bits per heavy atom. The fourth-order valence-electron chi connectivity index (χ4n) is 2.24. The normalized spacial score (nSPS) is 10.8. The van der Waals surface area contributed by atoms with E-state index in [2.05, 4.69) is 4.98 Å². The number of rotatable bonds is 2. The van der Waals surface area contributed by atoms with Crippen molar-refractivity contribution in [3.63, 3.8) is 0 Å². The van der Waals surface area contributed by atoms with Gasteiger partial charge in [-0.25, -0.2) is 4.98 Å². The molecule has 0 radical (unpaired) electrons. The monoisotopic (exact) mass is 250 g/mol. The summed E-state index contributed by atoms with van der Waals surface area (Å²) in [5, 5.41) is 0. The molecule has 0 saturated heterocycles. The van der Waals surface area contributed by atoms with Gasteiger partial charge in [-0.3, -0.25) is 4.79 Å². The summed E-state index contributed by atoms with van der Waals surface area (Å²) >= 11 is 0. The van der Waals surface area contributed by atoms with Crippen molar-refractivity contribution in [2.75, 3.05) is 0 Å². The van der Waals surface area contributed by atoms with Crippen LogP contribution in [0.3, 0.4) is 0 Å². The van der Waals surface area contributed by atoms with Gasteiger partial charge in [0.15, 0.2) is 0 Å². The van der Waals surface area contributed by atoms with Crippen LogP contribution >= 0.6 is 0 Å². The minimum atomic E-state index is -0.0254. The van der Waals surface area contributed by atoms with Crippen molar-refractivity contribution in [1.29, 1.82) is 0 Å². The summed E-state index contributed by atoms with van der Waals surface area (Å²) in [4.78, 5) is 16.8. The number of nitrogens with zero attached hydrogens (tertiary/aromatic N) is 2. The highest BCUT2D eigenvalue weighted by atomic mass is 16.1. The first kappa shape index (κ1) is 11.7. The van der Waals surface area contributed by atoms with Crippen LogP contribution in [0.5, 0.6) is 0 Å². The van der Waals surface area contributed by atoms with Gasteiger partial charge in [-0.1, -0.05) is 42.5 Å². The van der Waals surface area contributed by atoms with Gasteiger partial charge in [0.25, 0.3) is 5.56 Å². The van der Waals surface area contributed by atoms with Crippen LogP contribution in [0.1, 0.15) is 11.3 Å². The minimum Gasteiger partial charge on any atom is -0.308 e. The highest BCUT2D eigenvalue weighted by molar-refractivity contribution is 5.74. The molecule has 3 heteroatoms. The zero-order valence-corrected chi connectivity index (χ0v) is 10.7.